The van der Waals surface area contributed by atoms with Crippen LogP contribution in [0, 0.1) is 6.92 Å². The third-order valence-corrected chi connectivity index (χ3v) is 3.72. The standard InChI is InChI=1S/C13H16N2O2S/c1-8-7-18-13(15-8)12(14)10-6-9(16-2)4-5-11(10)17-3/h4-7,12H,14H2,1-3H3. The Hall–Kier alpha value is -1.59. The number of methoxy groups -OCH3 is 2. The molecule has 96 valence electrons. The minimum absolute atomic E-state index is 0.297. The quantitative estimate of drug-likeness (QED) is 0.922. The molecule has 2 rings (SSSR count). The molecular weight excluding hydrogens is 248 g/mol. The summed E-state index contributed by atoms with van der Waals surface area (Å²) in [5.74, 6) is 1.51. The van der Waals surface area contributed by atoms with Crippen molar-refractivity contribution in [3.63, 3.8) is 0 Å². The van der Waals surface area contributed by atoms with Crippen LogP contribution < -0.4 is 15.2 Å². The molecule has 4 nitrogen and oxygen atoms in total. The van der Waals surface area contributed by atoms with Crippen molar-refractivity contribution in [2.75, 3.05) is 14.2 Å². The Bertz CT molecular complexity index is 540. The van der Waals surface area contributed by atoms with E-state index in [1.807, 2.05) is 30.5 Å². The van der Waals surface area contributed by atoms with E-state index in [-0.39, 0.29) is 6.04 Å². The van der Waals surface area contributed by atoms with Crippen molar-refractivity contribution in [1.29, 1.82) is 0 Å². The first-order valence-electron chi connectivity index (χ1n) is 5.55. The van der Waals surface area contributed by atoms with Crippen LogP contribution in [0.5, 0.6) is 11.5 Å². The summed E-state index contributed by atoms with van der Waals surface area (Å²) in [5.41, 5.74) is 8.10. The van der Waals surface area contributed by atoms with Crippen molar-refractivity contribution < 1.29 is 9.47 Å². The van der Waals surface area contributed by atoms with Crippen LogP contribution >= 0.6 is 11.3 Å². The van der Waals surface area contributed by atoms with Crippen molar-refractivity contribution in [2.45, 2.75) is 13.0 Å². The highest BCUT2D eigenvalue weighted by Crippen LogP contribution is 2.32. The number of nitrogens with zero attached hydrogens (tertiary/aromatic N) is 1. The summed E-state index contributed by atoms with van der Waals surface area (Å²) in [5, 5.41) is 2.86. The van der Waals surface area contributed by atoms with Crippen LogP contribution in [0.2, 0.25) is 0 Å². The third kappa shape index (κ3) is 2.47. The number of aryl methyl sites for hydroxylation is 1. The SMILES string of the molecule is COc1ccc(OC)c(C(N)c2nc(C)cs2)c1. The topological polar surface area (TPSA) is 57.4 Å². The smallest absolute Gasteiger partial charge is 0.124 e. The van der Waals surface area contributed by atoms with Crippen molar-refractivity contribution in [1.82, 2.24) is 4.98 Å². The van der Waals surface area contributed by atoms with E-state index in [1.165, 1.54) is 0 Å². The van der Waals surface area contributed by atoms with Gasteiger partial charge in [-0.1, -0.05) is 0 Å². The van der Waals surface area contributed by atoms with Crippen molar-refractivity contribution in [3.8, 4) is 11.5 Å². The highest BCUT2D eigenvalue weighted by atomic mass is 32.1. The Morgan fingerprint density at radius 1 is 1.28 bits per heavy atom. The van der Waals surface area contributed by atoms with E-state index in [0.717, 1.165) is 27.8 Å². The highest BCUT2D eigenvalue weighted by Gasteiger charge is 2.17. The normalized spacial score (nSPS) is 12.2. The van der Waals surface area contributed by atoms with Crippen molar-refractivity contribution in [3.05, 3.63) is 39.8 Å². The number of nitrogens with two attached hydrogens (primary N) is 1. The minimum atomic E-state index is -0.297. The number of benzene rings is 1. The van der Waals surface area contributed by atoms with E-state index in [0.29, 0.717) is 0 Å². The molecule has 1 atom stereocenters. The average molecular weight is 264 g/mol. The molecule has 0 bridgehead atoms. The molecule has 0 aliphatic rings. The first-order valence-corrected chi connectivity index (χ1v) is 6.43. The molecule has 0 radical (unpaired) electrons. The molecule has 0 aliphatic heterocycles. The molecule has 0 saturated carbocycles. The van der Waals surface area contributed by atoms with Gasteiger partial charge in [0.2, 0.25) is 0 Å². The van der Waals surface area contributed by atoms with E-state index in [1.54, 1.807) is 25.6 Å². The number of thiazole rings is 1. The van der Waals surface area contributed by atoms with E-state index in [4.69, 9.17) is 15.2 Å². The molecule has 18 heavy (non-hydrogen) atoms. The Labute approximate surface area is 110 Å². The zero-order valence-electron chi connectivity index (χ0n) is 10.6. The van der Waals surface area contributed by atoms with Crippen molar-refractivity contribution in [2.24, 2.45) is 5.73 Å². The molecule has 0 spiro atoms. The van der Waals surface area contributed by atoms with E-state index >= 15 is 0 Å². The van der Waals surface area contributed by atoms with Gasteiger partial charge < -0.3 is 15.2 Å². The van der Waals surface area contributed by atoms with Crippen LogP contribution in [-0.2, 0) is 0 Å². The van der Waals surface area contributed by atoms with Gasteiger partial charge in [-0.05, 0) is 25.1 Å². The van der Waals surface area contributed by atoms with Crippen LogP contribution in [0.1, 0.15) is 22.3 Å². The Morgan fingerprint density at radius 2 is 2.06 bits per heavy atom. The van der Waals surface area contributed by atoms with Gasteiger partial charge in [-0.25, -0.2) is 4.98 Å². The third-order valence-electron chi connectivity index (χ3n) is 2.67. The first kappa shape index (κ1) is 12.9. The molecule has 0 aliphatic carbocycles. The van der Waals surface area contributed by atoms with Gasteiger partial charge >= 0.3 is 0 Å². The molecule has 1 unspecified atom stereocenters. The lowest BCUT2D eigenvalue weighted by Crippen LogP contribution is -2.13. The molecule has 0 amide bonds. The molecule has 1 aromatic heterocycles. The number of hydrogen-bond acceptors (Lipinski definition) is 5. The molecular formula is C13H16N2O2S. The summed E-state index contributed by atoms with van der Waals surface area (Å²) < 4.78 is 10.6. The number of aromatic nitrogens is 1. The zero-order chi connectivity index (χ0) is 13.1. The van der Waals surface area contributed by atoms with E-state index in [2.05, 4.69) is 4.98 Å². The van der Waals surface area contributed by atoms with Crippen LogP contribution in [-0.4, -0.2) is 19.2 Å². The summed E-state index contributed by atoms with van der Waals surface area (Å²) in [6.07, 6.45) is 0. The molecule has 2 N–H and O–H groups in total. The second-order valence-corrected chi connectivity index (χ2v) is 4.80. The predicted molar refractivity (Wildman–Crippen MR) is 72.4 cm³/mol. The Morgan fingerprint density at radius 3 is 2.61 bits per heavy atom. The molecule has 0 fully saturated rings. The Kier molecular flexibility index (Phi) is 3.84. The minimum Gasteiger partial charge on any atom is -0.497 e. The largest absolute Gasteiger partial charge is 0.497 e. The highest BCUT2D eigenvalue weighted by molar-refractivity contribution is 7.09. The second kappa shape index (κ2) is 5.37. The lowest BCUT2D eigenvalue weighted by atomic mass is 10.1. The van der Waals surface area contributed by atoms with Gasteiger partial charge in [0.1, 0.15) is 16.5 Å². The fourth-order valence-corrected chi connectivity index (χ4v) is 2.54. The summed E-state index contributed by atoms with van der Waals surface area (Å²) in [4.78, 5) is 4.42. The average Bonchev–Trinajstić information content (AvgIpc) is 2.83. The summed E-state index contributed by atoms with van der Waals surface area (Å²) in [6, 6.07) is 5.30. The summed E-state index contributed by atoms with van der Waals surface area (Å²) >= 11 is 1.55. The lowest BCUT2D eigenvalue weighted by Gasteiger charge is -2.14. The van der Waals surface area contributed by atoms with Crippen LogP contribution in [0.25, 0.3) is 0 Å². The van der Waals surface area contributed by atoms with Gasteiger partial charge in [-0.3, -0.25) is 0 Å². The summed E-state index contributed by atoms with van der Waals surface area (Å²) in [7, 11) is 3.26. The number of ether oxygens (including phenoxy) is 2. The molecule has 5 heteroatoms. The van der Waals surface area contributed by atoms with Gasteiger partial charge in [0, 0.05) is 16.6 Å². The number of rotatable bonds is 4. The molecule has 0 saturated heterocycles. The maximum atomic E-state index is 6.24. The second-order valence-electron chi connectivity index (χ2n) is 3.91. The zero-order valence-corrected chi connectivity index (χ0v) is 11.5. The van der Waals surface area contributed by atoms with Crippen molar-refractivity contribution >= 4 is 11.3 Å². The van der Waals surface area contributed by atoms with Gasteiger partial charge in [0.25, 0.3) is 0 Å². The fraction of sp³-hybridized carbons (Fsp3) is 0.308. The Balaban J connectivity index is 2.41. The van der Waals surface area contributed by atoms with Gasteiger partial charge in [0.15, 0.2) is 0 Å². The summed E-state index contributed by atoms with van der Waals surface area (Å²) in [6.45, 7) is 1.95. The first-order chi connectivity index (χ1) is 8.65. The van der Waals surface area contributed by atoms with Gasteiger partial charge in [0.05, 0.1) is 20.3 Å². The fourth-order valence-electron chi connectivity index (χ4n) is 1.73. The van der Waals surface area contributed by atoms with E-state index < -0.39 is 0 Å². The molecule has 1 aromatic carbocycles. The van der Waals surface area contributed by atoms with Gasteiger partial charge in [-0.15, -0.1) is 11.3 Å². The predicted octanol–water partition coefficient (Wildman–Crippen LogP) is 2.52. The van der Waals surface area contributed by atoms with Gasteiger partial charge in [-0.2, -0.15) is 0 Å². The molecule has 1 heterocycles. The molecule has 2 aromatic rings. The number of hydrogen-bond donors (Lipinski definition) is 1. The van der Waals surface area contributed by atoms with Crippen LogP contribution in [0.3, 0.4) is 0 Å². The maximum absolute atomic E-state index is 6.24. The van der Waals surface area contributed by atoms with E-state index in [9.17, 15) is 0 Å². The lowest BCUT2D eigenvalue weighted by molar-refractivity contribution is 0.397. The maximum Gasteiger partial charge on any atom is 0.124 e. The monoisotopic (exact) mass is 264 g/mol. The van der Waals surface area contributed by atoms with Crippen LogP contribution in [0.15, 0.2) is 23.6 Å². The van der Waals surface area contributed by atoms with Crippen LogP contribution in [0.4, 0.5) is 0 Å².